The van der Waals surface area contributed by atoms with Crippen molar-refractivity contribution in [2.75, 3.05) is 0 Å². The lowest BCUT2D eigenvalue weighted by atomic mass is 10.2. The van der Waals surface area contributed by atoms with Crippen molar-refractivity contribution < 1.29 is 4.39 Å². The van der Waals surface area contributed by atoms with E-state index in [2.05, 4.69) is 15.0 Å². The maximum Gasteiger partial charge on any atom is 0.179 e. The molecule has 0 saturated heterocycles. The van der Waals surface area contributed by atoms with E-state index in [9.17, 15) is 4.39 Å². The molecule has 0 unspecified atom stereocenters. The third-order valence-corrected chi connectivity index (χ3v) is 3.57. The minimum Gasteiger partial charge on any atom is -0.336 e. The van der Waals surface area contributed by atoms with Crippen LogP contribution < -0.4 is 0 Å². The number of rotatable bonds is 1. The summed E-state index contributed by atoms with van der Waals surface area (Å²) >= 11 is 17.7. The van der Waals surface area contributed by atoms with Gasteiger partial charge in [-0.1, -0.05) is 40.9 Å². The number of hydrogen-bond acceptors (Lipinski definition) is 2. The number of pyridine rings is 1. The fourth-order valence-electron chi connectivity index (χ4n) is 1.74. The molecule has 0 aliphatic heterocycles. The molecule has 1 N–H and O–H groups in total. The number of halogens is 4. The standard InChI is InChI=1S/C12H5Cl3FN3/c13-5-2-1-3-7(16)9(5)12-17-8-4-6(14)10(15)18-11(8)19-12/h1-4H,(H,17,18,19). The summed E-state index contributed by atoms with van der Waals surface area (Å²) in [6.07, 6.45) is 0. The molecule has 0 amide bonds. The molecule has 2 aromatic heterocycles. The van der Waals surface area contributed by atoms with Crippen molar-refractivity contribution in [1.29, 1.82) is 0 Å². The second-order valence-electron chi connectivity index (χ2n) is 3.81. The van der Waals surface area contributed by atoms with Crippen molar-refractivity contribution in [1.82, 2.24) is 15.0 Å². The summed E-state index contributed by atoms with van der Waals surface area (Å²) < 4.78 is 13.8. The molecule has 0 atom stereocenters. The zero-order valence-electron chi connectivity index (χ0n) is 9.22. The highest BCUT2D eigenvalue weighted by atomic mass is 35.5. The van der Waals surface area contributed by atoms with Gasteiger partial charge in [0, 0.05) is 0 Å². The normalized spacial score (nSPS) is 11.2. The van der Waals surface area contributed by atoms with Crippen molar-refractivity contribution in [3.63, 3.8) is 0 Å². The van der Waals surface area contributed by atoms with Crippen molar-refractivity contribution >= 4 is 46.0 Å². The number of nitrogens with one attached hydrogen (secondary N) is 1. The van der Waals surface area contributed by atoms with Crippen LogP contribution in [0, 0.1) is 5.82 Å². The summed E-state index contributed by atoms with van der Waals surface area (Å²) in [6.45, 7) is 0. The van der Waals surface area contributed by atoms with Gasteiger partial charge in [-0.05, 0) is 18.2 Å². The number of aromatic nitrogens is 3. The van der Waals surface area contributed by atoms with E-state index < -0.39 is 5.82 Å². The summed E-state index contributed by atoms with van der Waals surface area (Å²) in [5, 5.41) is 0.701. The van der Waals surface area contributed by atoms with Gasteiger partial charge < -0.3 is 4.98 Å². The van der Waals surface area contributed by atoms with Gasteiger partial charge in [-0.15, -0.1) is 0 Å². The Morgan fingerprint density at radius 3 is 2.58 bits per heavy atom. The van der Waals surface area contributed by atoms with Gasteiger partial charge in [-0.2, -0.15) is 0 Å². The van der Waals surface area contributed by atoms with Crippen LogP contribution in [0.15, 0.2) is 24.3 Å². The van der Waals surface area contributed by atoms with Gasteiger partial charge in [0.1, 0.15) is 16.8 Å². The molecule has 3 aromatic rings. The Morgan fingerprint density at radius 1 is 1.05 bits per heavy atom. The van der Waals surface area contributed by atoms with Crippen LogP contribution in [-0.2, 0) is 0 Å². The molecule has 1 aromatic carbocycles. The number of benzene rings is 1. The van der Waals surface area contributed by atoms with Gasteiger partial charge in [0.25, 0.3) is 0 Å². The highest BCUT2D eigenvalue weighted by molar-refractivity contribution is 6.41. The van der Waals surface area contributed by atoms with E-state index in [1.165, 1.54) is 12.1 Å². The zero-order valence-corrected chi connectivity index (χ0v) is 11.5. The largest absolute Gasteiger partial charge is 0.336 e. The zero-order chi connectivity index (χ0) is 13.6. The van der Waals surface area contributed by atoms with Gasteiger partial charge >= 0.3 is 0 Å². The van der Waals surface area contributed by atoms with Gasteiger partial charge in [0.15, 0.2) is 5.65 Å². The molecule has 3 nitrogen and oxygen atoms in total. The SMILES string of the molecule is Fc1cccc(Cl)c1-c1nc2nc(Cl)c(Cl)cc2[nH]1. The van der Waals surface area contributed by atoms with Crippen molar-refractivity contribution in [3.05, 3.63) is 45.3 Å². The minimum absolute atomic E-state index is 0.145. The topological polar surface area (TPSA) is 41.6 Å². The third kappa shape index (κ3) is 2.16. The van der Waals surface area contributed by atoms with Crippen molar-refractivity contribution in [3.8, 4) is 11.4 Å². The quantitative estimate of drug-likeness (QED) is 0.660. The summed E-state index contributed by atoms with van der Waals surface area (Å²) in [6, 6.07) is 6.00. The van der Waals surface area contributed by atoms with Crippen LogP contribution in [-0.4, -0.2) is 15.0 Å². The first-order chi connectivity index (χ1) is 9.06. The van der Waals surface area contributed by atoms with Gasteiger partial charge in [0.05, 0.1) is 21.1 Å². The van der Waals surface area contributed by atoms with E-state index in [1.54, 1.807) is 12.1 Å². The number of fused-ring (bicyclic) bond motifs is 1. The monoisotopic (exact) mass is 315 g/mol. The van der Waals surface area contributed by atoms with Crippen LogP contribution in [0.3, 0.4) is 0 Å². The first-order valence-electron chi connectivity index (χ1n) is 5.22. The van der Waals surface area contributed by atoms with Crippen LogP contribution >= 0.6 is 34.8 Å². The number of imidazole rings is 1. The maximum atomic E-state index is 13.8. The molecule has 0 bridgehead atoms. The second-order valence-corrected chi connectivity index (χ2v) is 4.99. The van der Waals surface area contributed by atoms with E-state index in [-0.39, 0.29) is 21.6 Å². The Bertz CT molecular complexity index is 726. The minimum atomic E-state index is -0.469. The molecule has 0 fully saturated rings. The Balaban J connectivity index is 2.26. The van der Waals surface area contributed by atoms with E-state index in [0.717, 1.165) is 0 Å². The van der Waals surface area contributed by atoms with Crippen LogP contribution in [0.1, 0.15) is 0 Å². The molecule has 0 aliphatic carbocycles. The Labute approximate surface area is 122 Å². The summed E-state index contributed by atoms with van der Waals surface area (Å²) in [5.41, 5.74) is 1.10. The molecule has 0 radical (unpaired) electrons. The van der Waals surface area contributed by atoms with Crippen LogP contribution in [0.2, 0.25) is 15.2 Å². The number of aromatic amines is 1. The Morgan fingerprint density at radius 2 is 1.84 bits per heavy atom. The lowest BCUT2D eigenvalue weighted by Crippen LogP contribution is -1.87. The fraction of sp³-hybridized carbons (Fsp3) is 0. The molecule has 2 heterocycles. The smallest absolute Gasteiger partial charge is 0.179 e. The average molecular weight is 317 g/mol. The number of H-pyrrole nitrogens is 1. The number of hydrogen-bond donors (Lipinski definition) is 1. The maximum absolute atomic E-state index is 13.8. The van der Waals surface area contributed by atoms with E-state index in [0.29, 0.717) is 16.2 Å². The molecule has 3 rings (SSSR count). The van der Waals surface area contributed by atoms with Crippen LogP contribution in [0.4, 0.5) is 4.39 Å². The number of nitrogens with zero attached hydrogens (tertiary/aromatic N) is 2. The first kappa shape index (κ1) is 12.7. The van der Waals surface area contributed by atoms with Crippen LogP contribution in [0.25, 0.3) is 22.6 Å². The molecule has 0 saturated carbocycles. The molecule has 96 valence electrons. The predicted molar refractivity (Wildman–Crippen MR) is 74.3 cm³/mol. The summed E-state index contributed by atoms with van der Waals surface area (Å²) in [5.74, 6) is -0.187. The molecule has 7 heteroatoms. The summed E-state index contributed by atoms with van der Waals surface area (Å²) in [4.78, 5) is 11.1. The highest BCUT2D eigenvalue weighted by Crippen LogP contribution is 2.31. The molecular weight excluding hydrogens is 312 g/mol. The molecule has 0 spiro atoms. The first-order valence-corrected chi connectivity index (χ1v) is 6.36. The van der Waals surface area contributed by atoms with E-state index >= 15 is 0 Å². The highest BCUT2D eigenvalue weighted by Gasteiger charge is 2.15. The van der Waals surface area contributed by atoms with Gasteiger partial charge in [-0.25, -0.2) is 14.4 Å². The average Bonchev–Trinajstić information content (AvgIpc) is 2.72. The Kier molecular flexibility index (Phi) is 3.09. The summed E-state index contributed by atoms with van der Waals surface area (Å²) in [7, 11) is 0. The van der Waals surface area contributed by atoms with E-state index in [4.69, 9.17) is 34.8 Å². The van der Waals surface area contributed by atoms with Crippen LogP contribution in [0.5, 0.6) is 0 Å². The lowest BCUT2D eigenvalue weighted by Gasteiger charge is -2.01. The molecule has 19 heavy (non-hydrogen) atoms. The molecular formula is C12H5Cl3FN3. The van der Waals surface area contributed by atoms with E-state index in [1.807, 2.05) is 0 Å². The third-order valence-electron chi connectivity index (χ3n) is 2.58. The van der Waals surface area contributed by atoms with Crippen molar-refractivity contribution in [2.45, 2.75) is 0 Å². The second kappa shape index (κ2) is 4.63. The van der Waals surface area contributed by atoms with Gasteiger partial charge in [-0.3, -0.25) is 0 Å². The lowest BCUT2D eigenvalue weighted by molar-refractivity contribution is 0.630. The fourth-order valence-corrected chi connectivity index (χ4v) is 2.28. The Hall–Kier alpha value is -1.36. The predicted octanol–water partition coefficient (Wildman–Crippen LogP) is 4.72. The van der Waals surface area contributed by atoms with Gasteiger partial charge in [0.2, 0.25) is 0 Å². The molecule has 0 aliphatic rings. The van der Waals surface area contributed by atoms with Crippen molar-refractivity contribution in [2.24, 2.45) is 0 Å².